The van der Waals surface area contributed by atoms with Gasteiger partial charge in [0, 0.05) is 49.4 Å². The van der Waals surface area contributed by atoms with Crippen LogP contribution in [0.4, 0.5) is 0 Å². The van der Waals surface area contributed by atoms with Gasteiger partial charge in [0.25, 0.3) is 0 Å². The molecule has 2 aliphatic heterocycles. The first-order chi connectivity index (χ1) is 17.4. The van der Waals surface area contributed by atoms with Gasteiger partial charge >= 0.3 is 5.97 Å². The number of methoxy groups -OCH3 is 3. The van der Waals surface area contributed by atoms with Gasteiger partial charge in [-0.3, -0.25) is 9.69 Å². The number of rotatable bonds is 12. The molecule has 0 amide bonds. The predicted molar refractivity (Wildman–Crippen MR) is 138 cm³/mol. The topological polar surface area (TPSA) is 82.3 Å². The molecule has 3 heterocycles. The van der Waals surface area contributed by atoms with E-state index in [-0.39, 0.29) is 12.0 Å². The molecule has 0 spiro atoms. The number of aromatic nitrogens is 1. The molecule has 0 saturated carbocycles. The van der Waals surface area contributed by atoms with Crippen LogP contribution in [0, 0.1) is 11.8 Å². The number of esters is 1. The number of aromatic amines is 1. The standard InChI is InChI=1S/C28H42N2O6/c1-19(9-11-35-18-36-13-12-32-3)14-21-16-28(27(31)34-5)20(2)30(17-21)10-8-23-24-15-22(33-4)6-7-25(24)29-26(23)28/h6-7,15,19-21,29H,8-14,16-18H2,1-5H3/t19?,20?,21-,28?/m0/s1. The van der Waals surface area contributed by atoms with E-state index in [4.69, 9.17) is 23.7 Å². The molecule has 1 N–H and O–H groups in total. The predicted octanol–water partition coefficient (Wildman–Crippen LogP) is 3.91. The third kappa shape index (κ3) is 5.28. The lowest BCUT2D eigenvalue weighted by atomic mass is 9.66. The fraction of sp³-hybridized carbons (Fsp3) is 0.679. The van der Waals surface area contributed by atoms with Crippen molar-refractivity contribution in [1.29, 1.82) is 0 Å². The van der Waals surface area contributed by atoms with Crippen molar-refractivity contribution in [2.75, 3.05) is 61.0 Å². The number of carbonyl (C=O) groups excluding carboxylic acids is 1. The minimum atomic E-state index is -0.721. The maximum absolute atomic E-state index is 13.6. The van der Waals surface area contributed by atoms with Crippen LogP contribution in [-0.4, -0.2) is 82.9 Å². The van der Waals surface area contributed by atoms with Crippen molar-refractivity contribution in [2.45, 2.75) is 51.0 Å². The van der Waals surface area contributed by atoms with Crippen LogP contribution in [0.5, 0.6) is 5.75 Å². The second-order valence-corrected chi connectivity index (χ2v) is 10.4. The highest BCUT2D eigenvalue weighted by atomic mass is 16.7. The number of hydrogen-bond donors (Lipinski definition) is 1. The van der Waals surface area contributed by atoms with Gasteiger partial charge < -0.3 is 28.7 Å². The Hall–Kier alpha value is -2.13. The van der Waals surface area contributed by atoms with Crippen molar-refractivity contribution in [3.63, 3.8) is 0 Å². The number of benzene rings is 1. The maximum atomic E-state index is 13.6. The molecular formula is C28H42N2O6. The Labute approximate surface area is 214 Å². The second kappa shape index (κ2) is 11.9. The quantitative estimate of drug-likeness (QED) is 0.268. The van der Waals surface area contributed by atoms with Crippen LogP contribution >= 0.6 is 0 Å². The minimum absolute atomic E-state index is 0.0558. The van der Waals surface area contributed by atoms with Gasteiger partial charge in [-0.1, -0.05) is 6.92 Å². The minimum Gasteiger partial charge on any atom is -0.497 e. The lowest BCUT2D eigenvalue weighted by Gasteiger charge is -2.48. The highest BCUT2D eigenvalue weighted by molar-refractivity contribution is 5.92. The molecule has 1 aromatic carbocycles. The smallest absolute Gasteiger partial charge is 0.319 e. The van der Waals surface area contributed by atoms with Crippen LogP contribution < -0.4 is 4.74 Å². The summed E-state index contributed by atoms with van der Waals surface area (Å²) < 4.78 is 27.0. The lowest BCUT2D eigenvalue weighted by molar-refractivity contribution is -0.154. The van der Waals surface area contributed by atoms with E-state index in [0.717, 1.165) is 61.1 Å². The Morgan fingerprint density at radius 2 is 2.00 bits per heavy atom. The van der Waals surface area contributed by atoms with Crippen LogP contribution in [0.25, 0.3) is 10.9 Å². The summed E-state index contributed by atoms with van der Waals surface area (Å²) in [4.78, 5) is 19.8. The van der Waals surface area contributed by atoms with E-state index >= 15 is 0 Å². The van der Waals surface area contributed by atoms with Crippen molar-refractivity contribution in [1.82, 2.24) is 9.88 Å². The Morgan fingerprint density at radius 1 is 1.19 bits per heavy atom. The van der Waals surface area contributed by atoms with E-state index in [1.165, 1.54) is 12.7 Å². The largest absolute Gasteiger partial charge is 0.497 e. The summed E-state index contributed by atoms with van der Waals surface area (Å²) in [5.41, 5.74) is 2.58. The van der Waals surface area contributed by atoms with Gasteiger partial charge in [-0.2, -0.15) is 0 Å². The molecule has 8 nitrogen and oxygen atoms in total. The summed E-state index contributed by atoms with van der Waals surface area (Å²) in [7, 11) is 4.86. The van der Waals surface area contributed by atoms with E-state index < -0.39 is 5.41 Å². The van der Waals surface area contributed by atoms with Crippen LogP contribution in [0.1, 0.15) is 44.4 Å². The summed E-state index contributed by atoms with van der Waals surface area (Å²) in [5.74, 6) is 1.55. The number of carbonyl (C=O) groups is 1. The Balaban J connectivity index is 1.53. The number of piperidine rings is 1. The van der Waals surface area contributed by atoms with E-state index in [0.29, 0.717) is 38.4 Å². The first-order valence-electron chi connectivity index (χ1n) is 13.1. The molecule has 8 heteroatoms. The molecular weight excluding hydrogens is 460 g/mol. The van der Waals surface area contributed by atoms with Crippen molar-refractivity contribution < 1.29 is 28.5 Å². The van der Waals surface area contributed by atoms with Crippen LogP contribution in [-0.2, 0) is 35.6 Å². The molecule has 2 bridgehead atoms. The van der Waals surface area contributed by atoms with Gasteiger partial charge in [0.2, 0.25) is 0 Å². The second-order valence-electron chi connectivity index (χ2n) is 10.4. The number of hydrogen-bond acceptors (Lipinski definition) is 7. The van der Waals surface area contributed by atoms with Crippen molar-refractivity contribution in [2.24, 2.45) is 11.8 Å². The number of H-pyrrole nitrogens is 1. The zero-order chi connectivity index (χ0) is 25.7. The monoisotopic (exact) mass is 502 g/mol. The van der Waals surface area contributed by atoms with E-state index in [1.54, 1.807) is 14.2 Å². The van der Waals surface area contributed by atoms with Gasteiger partial charge in [-0.05, 0) is 68.2 Å². The van der Waals surface area contributed by atoms with Gasteiger partial charge in [-0.15, -0.1) is 0 Å². The average molecular weight is 503 g/mol. The zero-order valence-electron chi connectivity index (χ0n) is 22.4. The molecule has 0 aliphatic carbocycles. The molecule has 4 rings (SSSR count). The first-order valence-corrected chi connectivity index (χ1v) is 13.1. The molecule has 1 fully saturated rings. The molecule has 200 valence electrons. The third-order valence-electron chi connectivity index (χ3n) is 8.21. The van der Waals surface area contributed by atoms with Crippen molar-refractivity contribution in [3.05, 3.63) is 29.5 Å². The van der Waals surface area contributed by atoms with Crippen molar-refractivity contribution >= 4 is 16.9 Å². The Morgan fingerprint density at radius 3 is 2.75 bits per heavy atom. The van der Waals surface area contributed by atoms with Crippen LogP contribution in [0.3, 0.4) is 0 Å². The van der Waals surface area contributed by atoms with E-state index in [2.05, 4.69) is 35.9 Å². The maximum Gasteiger partial charge on any atom is 0.319 e. The molecule has 2 aromatic rings. The molecule has 1 aromatic heterocycles. The third-order valence-corrected chi connectivity index (χ3v) is 8.21. The van der Waals surface area contributed by atoms with Gasteiger partial charge in [-0.25, -0.2) is 0 Å². The van der Waals surface area contributed by atoms with Gasteiger partial charge in [0.05, 0.1) is 27.4 Å². The highest BCUT2D eigenvalue weighted by Gasteiger charge is 2.56. The summed E-state index contributed by atoms with van der Waals surface area (Å²) in [5, 5.41) is 1.14. The summed E-state index contributed by atoms with van der Waals surface area (Å²) in [6.45, 7) is 8.46. The molecule has 2 aliphatic rings. The normalized spacial score (nSPS) is 26.3. The number of nitrogens with zero attached hydrogens (tertiary/aromatic N) is 1. The summed E-state index contributed by atoms with van der Waals surface area (Å²) >= 11 is 0. The Bertz CT molecular complexity index is 1020. The fourth-order valence-corrected chi connectivity index (χ4v) is 6.32. The van der Waals surface area contributed by atoms with E-state index in [1.807, 2.05) is 6.07 Å². The molecule has 4 unspecified atom stereocenters. The molecule has 5 atom stereocenters. The lowest BCUT2D eigenvalue weighted by Crippen LogP contribution is -2.59. The van der Waals surface area contributed by atoms with Crippen molar-refractivity contribution in [3.8, 4) is 5.75 Å². The van der Waals surface area contributed by atoms with Gasteiger partial charge in [0.15, 0.2) is 0 Å². The SMILES string of the molecule is COCCOCOCCC(C)C[C@@H]1CN2CCc3c([nH]c4ccc(OC)cc34)C(C(=O)OC)(C1)C2C. The fourth-order valence-electron chi connectivity index (χ4n) is 6.32. The van der Waals surface area contributed by atoms with E-state index in [9.17, 15) is 4.79 Å². The molecule has 1 saturated heterocycles. The van der Waals surface area contributed by atoms with Crippen LogP contribution in [0.2, 0.25) is 0 Å². The highest BCUT2D eigenvalue weighted by Crippen LogP contribution is 2.48. The number of nitrogens with one attached hydrogen (secondary N) is 1. The Kier molecular flexibility index (Phi) is 8.93. The van der Waals surface area contributed by atoms with Gasteiger partial charge in [0.1, 0.15) is 18.0 Å². The molecule has 36 heavy (non-hydrogen) atoms. The summed E-state index contributed by atoms with van der Waals surface area (Å²) in [6.07, 6.45) is 3.67. The molecule has 0 radical (unpaired) electrons. The average Bonchev–Trinajstić information content (AvgIpc) is 3.23. The number of ether oxygens (including phenoxy) is 5. The van der Waals surface area contributed by atoms with Crippen LogP contribution in [0.15, 0.2) is 18.2 Å². The summed E-state index contributed by atoms with van der Waals surface area (Å²) in [6, 6.07) is 6.16. The number of fused-ring (bicyclic) bond motifs is 6. The zero-order valence-corrected chi connectivity index (χ0v) is 22.4. The first kappa shape index (κ1) is 26.9.